The smallest absolute Gasteiger partial charge is 0.253 e. The van der Waals surface area contributed by atoms with Crippen LogP contribution >= 0.6 is 11.6 Å². The molecular weight excluding hydrogens is 490 g/mol. The molecule has 2 amide bonds. The molecule has 1 fully saturated rings. The minimum absolute atomic E-state index is 0.0210. The number of nitrogens with one attached hydrogen (secondary N) is 3. The van der Waals surface area contributed by atoms with Crippen molar-refractivity contribution >= 4 is 34.8 Å². The van der Waals surface area contributed by atoms with Gasteiger partial charge in [0.05, 0.1) is 22.8 Å². The molecule has 4 rings (SSSR count). The van der Waals surface area contributed by atoms with E-state index in [1.54, 1.807) is 18.2 Å². The Morgan fingerprint density at radius 3 is 2.41 bits per heavy atom. The summed E-state index contributed by atoms with van der Waals surface area (Å²) >= 11 is 6.28. The van der Waals surface area contributed by atoms with Crippen molar-refractivity contribution in [3.63, 3.8) is 0 Å². The molecule has 3 N–H and O–H groups in total. The van der Waals surface area contributed by atoms with Crippen LogP contribution in [0, 0.1) is 0 Å². The van der Waals surface area contributed by atoms with Gasteiger partial charge in [0.1, 0.15) is 24.7 Å². The molecule has 0 heterocycles. The van der Waals surface area contributed by atoms with Crippen molar-refractivity contribution in [1.82, 2.24) is 5.32 Å². The summed E-state index contributed by atoms with van der Waals surface area (Å²) in [5, 5.41) is 9.36. The third-order valence-electron chi connectivity index (χ3n) is 6.11. The van der Waals surface area contributed by atoms with Gasteiger partial charge < -0.3 is 25.4 Å². The van der Waals surface area contributed by atoms with Gasteiger partial charge in [-0.15, -0.1) is 0 Å². The largest absolute Gasteiger partial charge is 0.490 e. The number of amides is 2. The molecule has 3 aromatic rings. The maximum Gasteiger partial charge on any atom is 0.253 e. The second-order valence-electron chi connectivity index (χ2n) is 8.91. The van der Waals surface area contributed by atoms with E-state index in [1.807, 2.05) is 54.6 Å². The summed E-state index contributed by atoms with van der Waals surface area (Å²) in [5.41, 5.74) is 1.56. The third-order valence-corrected chi connectivity index (χ3v) is 6.44. The van der Waals surface area contributed by atoms with E-state index in [0.29, 0.717) is 40.9 Å². The topological polar surface area (TPSA) is 88.7 Å². The van der Waals surface area contributed by atoms with Gasteiger partial charge in [0.25, 0.3) is 5.91 Å². The first-order chi connectivity index (χ1) is 18.1. The van der Waals surface area contributed by atoms with Crippen molar-refractivity contribution in [3.8, 4) is 11.5 Å². The van der Waals surface area contributed by atoms with Crippen LogP contribution in [-0.2, 0) is 4.79 Å². The molecule has 7 nitrogen and oxygen atoms in total. The highest BCUT2D eigenvalue weighted by molar-refractivity contribution is 6.34. The van der Waals surface area contributed by atoms with Gasteiger partial charge in [0, 0.05) is 11.7 Å². The average molecular weight is 522 g/mol. The van der Waals surface area contributed by atoms with Crippen LogP contribution in [0.4, 0.5) is 11.4 Å². The van der Waals surface area contributed by atoms with Crippen LogP contribution in [0.3, 0.4) is 0 Å². The van der Waals surface area contributed by atoms with Gasteiger partial charge >= 0.3 is 0 Å². The van der Waals surface area contributed by atoms with Crippen LogP contribution in [0.2, 0.25) is 5.02 Å². The summed E-state index contributed by atoms with van der Waals surface area (Å²) < 4.78 is 11.5. The van der Waals surface area contributed by atoms with Crippen molar-refractivity contribution in [2.75, 3.05) is 30.4 Å². The Labute approximate surface area is 222 Å². The van der Waals surface area contributed by atoms with Gasteiger partial charge in [-0.1, -0.05) is 61.2 Å². The molecule has 1 aliphatic rings. The van der Waals surface area contributed by atoms with Gasteiger partial charge in [-0.3, -0.25) is 9.59 Å². The number of para-hydroxylation sites is 3. The maximum absolute atomic E-state index is 12.8. The van der Waals surface area contributed by atoms with Crippen LogP contribution in [-0.4, -0.2) is 37.6 Å². The first-order valence-corrected chi connectivity index (χ1v) is 13.0. The quantitative estimate of drug-likeness (QED) is 0.273. The van der Waals surface area contributed by atoms with Crippen LogP contribution in [0.25, 0.3) is 0 Å². The lowest BCUT2D eigenvalue weighted by Crippen LogP contribution is -2.36. The lowest BCUT2D eigenvalue weighted by atomic mass is 9.95. The molecule has 0 unspecified atom stereocenters. The molecule has 0 aliphatic heterocycles. The minimum atomic E-state index is -0.261. The van der Waals surface area contributed by atoms with Crippen molar-refractivity contribution in [2.24, 2.45) is 0 Å². The summed E-state index contributed by atoms with van der Waals surface area (Å²) in [4.78, 5) is 25.4. The Morgan fingerprint density at radius 1 is 0.865 bits per heavy atom. The second kappa shape index (κ2) is 13.6. The van der Waals surface area contributed by atoms with E-state index >= 15 is 0 Å². The number of anilines is 2. The number of rotatable bonds is 11. The van der Waals surface area contributed by atoms with Crippen LogP contribution in [0.1, 0.15) is 42.5 Å². The Balaban J connectivity index is 1.27. The zero-order chi connectivity index (χ0) is 25.9. The zero-order valence-electron chi connectivity index (χ0n) is 20.7. The standard InChI is InChI=1S/C29H32ClN3O4/c30-25-16-15-22(19-24(25)29(35)33-21-9-3-1-4-10-21)32-28(34)20-31-26-13-7-8-14-27(26)37-18-17-36-23-11-5-2-6-12-23/h2,5-8,11-16,19,21,31H,1,3-4,9-10,17-18,20H2,(H,32,34)(H,33,35). The van der Waals surface area contributed by atoms with E-state index in [9.17, 15) is 9.59 Å². The SMILES string of the molecule is O=C(CNc1ccccc1OCCOc1ccccc1)Nc1ccc(Cl)c(C(=O)NC2CCCCC2)c1. The van der Waals surface area contributed by atoms with Crippen LogP contribution in [0.5, 0.6) is 11.5 Å². The van der Waals surface area contributed by atoms with Gasteiger partial charge in [0.2, 0.25) is 5.91 Å². The molecule has 1 saturated carbocycles. The van der Waals surface area contributed by atoms with Crippen LogP contribution in [0.15, 0.2) is 72.8 Å². The highest BCUT2D eigenvalue weighted by Gasteiger charge is 2.19. The van der Waals surface area contributed by atoms with Crippen molar-refractivity contribution in [3.05, 3.63) is 83.4 Å². The second-order valence-corrected chi connectivity index (χ2v) is 9.32. The van der Waals surface area contributed by atoms with E-state index in [0.717, 1.165) is 31.4 Å². The van der Waals surface area contributed by atoms with E-state index in [-0.39, 0.29) is 24.4 Å². The fourth-order valence-electron chi connectivity index (χ4n) is 4.23. The van der Waals surface area contributed by atoms with E-state index < -0.39 is 0 Å². The average Bonchev–Trinajstić information content (AvgIpc) is 2.92. The Morgan fingerprint density at radius 2 is 1.59 bits per heavy atom. The van der Waals surface area contributed by atoms with Gasteiger partial charge in [-0.05, 0) is 55.3 Å². The van der Waals surface area contributed by atoms with Crippen molar-refractivity contribution in [2.45, 2.75) is 38.1 Å². The number of ether oxygens (including phenoxy) is 2. The summed E-state index contributed by atoms with van der Waals surface area (Å²) in [7, 11) is 0. The van der Waals surface area contributed by atoms with E-state index in [2.05, 4.69) is 16.0 Å². The fraction of sp³-hybridized carbons (Fsp3) is 0.310. The summed E-state index contributed by atoms with van der Waals surface area (Å²) in [6.45, 7) is 0.773. The first kappa shape index (κ1) is 26.4. The molecule has 3 aromatic carbocycles. The molecule has 1 aliphatic carbocycles. The van der Waals surface area contributed by atoms with Gasteiger partial charge in [-0.2, -0.15) is 0 Å². The summed E-state index contributed by atoms with van der Waals surface area (Å²) in [6, 6.07) is 22.0. The molecule has 0 spiro atoms. The van der Waals surface area contributed by atoms with Crippen molar-refractivity contribution in [1.29, 1.82) is 0 Å². The molecule has 0 saturated heterocycles. The molecule has 0 bridgehead atoms. The summed E-state index contributed by atoms with van der Waals surface area (Å²) in [5.74, 6) is 0.933. The van der Waals surface area contributed by atoms with Gasteiger partial charge in [0.15, 0.2) is 0 Å². The van der Waals surface area contributed by atoms with Gasteiger partial charge in [-0.25, -0.2) is 0 Å². The highest BCUT2D eigenvalue weighted by atomic mass is 35.5. The minimum Gasteiger partial charge on any atom is -0.490 e. The number of halogens is 1. The zero-order valence-corrected chi connectivity index (χ0v) is 21.4. The van der Waals surface area contributed by atoms with E-state index in [4.69, 9.17) is 21.1 Å². The molecule has 194 valence electrons. The number of carbonyl (C=O) groups is 2. The maximum atomic E-state index is 12.8. The molecule has 0 atom stereocenters. The predicted molar refractivity (Wildman–Crippen MR) is 147 cm³/mol. The molecule has 37 heavy (non-hydrogen) atoms. The van der Waals surface area contributed by atoms with E-state index in [1.165, 1.54) is 6.42 Å². The lowest BCUT2D eigenvalue weighted by Gasteiger charge is -2.23. The summed E-state index contributed by atoms with van der Waals surface area (Å²) in [6.07, 6.45) is 5.42. The lowest BCUT2D eigenvalue weighted by molar-refractivity contribution is -0.114. The Bertz CT molecular complexity index is 1180. The number of benzene rings is 3. The monoisotopic (exact) mass is 521 g/mol. The van der Waals surface area contributed by atoms with Crippen LogP contribution < -0.4 is 25.4 Å². The number of hydrogen-bond acceptors (Lipinski definition) is 5. The molecule has 0 radical (unpaired) electrons. The fourth-order valence-corrected chi connectivity index (χ4v) is 4.44. The van der Waals surface area contributed by atoms with Crippen molar-refractivity contribution < 1.29 is 19.1 Å². The third kappa shape index (κ3) is 8.15. The predicted octanol–water partition coefficient (Wildman–Crippen LogP) is 5.91. The Hall–Kier alpha value is -3.71. The first-order valence-electron chi connectivity index (χ1n) is 12.6. The molecule has 8 heteroatoms. The highest BCUT2D eigenvalue weighted by Crippen LogP contribution is 2.25. The molecule has 0 aromatic heterocycles. The number of hydrogen-bond donors (Lipinski definition) is 3. The number of carbonyl (C=O) groups excluding carboxylic acids is 2. The normalized spacial score (nSPS) is 13.4. The molecular formula is C29H32ClN3O4. The Kier molecular flexibility index (Phi) is 9.66.